The molecule has 2 saturated carbocycles. The molecular formula is C20H30O4. The van der Waals surface area contributed by atoms with Crippen LogP contribution in [0.25, 0.3) is 0 Å². The lowest BCUT2D eigenvalue weighted by molar-refractivity contribution is -0.250. The van der Waals surface area contributed by atoms with E-state index in [1.807, 2.05) is 6.07 Å². The van der Waals surface area contributed by atoms with Gasteiger partial charge in [0.05, 0.1) is 24.1 Å². The van der Waals surface area contributed by atoms with Crippen LogP contribution in [0.2, 0.25) is 0 Å². The second-order valence-corrected chi connectivity index (χ2v) is 9.55. The molecule has 0 amide bonds. The van der Waals surface area contributed by atoms with Gasteiger partial charge in [-0.3, -0.25) is 0 Å². The van der Waals surface area contributed by atoms with Crippen LogP contribution in [0.4, 0.5) is 0 Å². The lowest BCUT2D eigenvalue weighted by Gasteiger charge is -2.65. The number of aliphatic hydroxyl groups excluding tert-OH is 2. The minimum atomic E-state index is -1.18. The summed E-state index contributed by atoms with van der Waals surface area (Å²) in [6, 6.07) is 1.81. The number of fused-ring (bicyclic) bond motifs is 4. The molecule has 1 heterocycles. The number of hydrogen-bond acceptors (Lipinski definition) is 4. The van der Waals surface area contributed by atoms with Gasteiger partial charge in [0.2, 0.25) is 0 Å². The molecule has 1 unspecified atom stereocenters. The molecule has 0 radical (unpaired) electrons. The average molecular weight is 334 g/mol. The van der Waals surface area contributed by atoms with E-state index in [2.05, 4.69) is 20.8 Å². The van der Waals surface area contributed by atoms with Crippen LogP contribution in [0.15, 0.2) is 16.7 Å². The number of furan rings is 1. The molecule has 4 heteroatoms. The molecule has 1 aromatic heterocycles. The Balaban J connectivity index is 1.88. The Morgan fingerprint density at radius 2 is 1.79 bits per heavy atom. The smallest absolute Gasteiger partial charge is 0.110 e. The van der Waals surface area contributed by atoms with Gasteiger partial charge in [-0.15, -0.1) is 0 Å². The summed E-state index contributed by atoms with van der Waals surface area (Å²) in [5.74, 6) is 0.609. The van der Waals surface area contributed by atoms with E-state index in [0.29, 0.717) is 0 Å². The van der Waals surface area contributed by atoms with Crippen molar-refractivity contribution in [1.82, 2.24) is 0 Å². The van der Waals surface area contributed by atoms with Crippen molar-refractivity contribution in [2.75, 3.05) is 0 Å². The first-order chi connectivity index (χ1) is 11.1. The largest absolute Gasteiger partial charge is 0.469 e. The summed E-state index contributed by atoms with van der Waals surface area (Å²) < 4.78 is 5.68. The maximum Gasteiger partial charge on any atom is 0.110 e. The van der Waals surface area contributed by atoms with Crippen LogP contribution < -0.4 is 0 Å². The Morgan fingerprint density at radius 1 is 1.08 bits per heavy atom. The van der Waals surface area contributed by atoms with Crippen molar-refractivity contribution in [1.29, 1.82) is 0 Å². The Bertz CT molecular complexity index is 646. The fourth-order valence-electron chi connectivity index (χ4n) is 6.87. The molecular weight excluding hydrogens is 304 g/mol. The molecule has 4 nitrogen and oxygen atoms in total. The fraction of sp³-hybridized carbons (Fsp3) is 0.800. The Hall–Kier alpha value is -0.840. The number of rotatable bonds is 0. The Morgan fingerprint density at radius 3 is 2.50 bits per heavy atom. The summed E-state index contributed by atoms with van der Waals surface area (Å²) in [6.45, 7) is 8.45. The van der Waals surface area contributed by atoms with Crippen LogP contribution in [-0.4, -0.2) is 27.5 Å². The van der Waals surface area contributed by atoms with E-state index >= 15 is 0 Å². The van der Waals surface area contributed by atoms with Crippen molar-refractivity contribution in [2.45, 2.75) is 71.2 Å². The molecule has 7 atom stereocenters. The lowest BCUT2D eigenvalue weighted by Crippen LogP contribution is -2.67. The van der Waals surface area contributed by atoms with E-state index in [0.717, 1.165) is 37.0 Å². The van der Waals surface area contributed by atoms with E-state index < -0.39 is 17.8 Å². The van der Waals surface area contributed by atoms with Crippen LogP contribution in [0, 0.1) is 28.6 Å². The second-order valence-electron chi connectivity index (χ2n) is 9.55. The average Bonchev–Trinajstić information content (AvgIpc) is 2.93. The van der Waals surface area contributed by atoms with Crippen molar-refractivity contribution in [3.8, 4) is 0 Å². The molecule has 2 fully saturated rings. The predicted molar refractivity (Wildman–Crippen MR) is 90.2 cm³/mol. The molecule has 0 saturated heterocycles. The Kier molecular flexibility index (Phi) is 3.37. The van der Waals surface area contributed by atoms with Gasteiger partial charge in [0.1, 0.15) is 5.76 Å². The number of aliphatic hydroxyl groups is 3. The van der Waals surface area contributed by atoms with Gasteiger partial charge in [-0.25, -0.2) is 0 Å². The summed E-state index contributed by atoms with van der Waals surface area (Å²) in [5, 5.41) is 33.4. The van der Waals surface area contributed by atoms with Crippen LogP contribution in [0.5, 0.6) is 0 Å². The van der Waals surface area contributed by atoms with Crippen LogP contribution >= 0.6 is 0 Å². The first-order valence-electron chi connectivity index (χ1n) is 9.26. The van der Waals surface area contributed by atoms with Crippen LogP contribution in [0.1, 0.15) is 58.3 Å². The molecule has 3 aliphatic rings. The minimum Gasteiger partial charge on any atom is -0.469 e. The summed E-state index contributed by atoms with van der Waals surface area (Å²) in [5.41, 5.74) is -0.541. The van der Waals surface area contributed by atoms with Gasteiger partial charge in [-0.05, 0) is 48.5 Å². The van der Waals surface area contributed by atoms with Gasteiger partial charge in [-0.1, -0.05) is 27.2 Å². The van der Waals surface area contributed by atoms with Gasteiger partial charge in [0.15, 0.2) is 0 Å². The topological polar surface area (TPSA) is 73.8 Å². The third kappa shape index (κ3) is 1.91. The zero-order valence-corrected chi connectivity index (χ0v) is 15.1. The molecule has 0 aliphatic heterocycles. The second kappa shape index (κ2) is 4.87. The van der Waals surface area contributed by atoms with Gasteiger partial charge >= 0.3 is 0 Å². The molecule has 0 aromatic carbocycles. The first-order valence-corrected chi connectivity index (χ1v) is 9.26. The normalized spacial score (nSPS) is 49.9. The Labute approximate surface area is 143 Å². The van der Waals surface area contributed by atoms with E-state index in [-0.39, 0.29) is 28.6 Å². The maximum absolute atomic E-state index is 11.3. The molecule has 0 bridgehead atoms. The highest BCUT2D eigenvalue weighted by molar-refractivity contribution is 5.32. The standard InChI is InChI=1S/C20H30O4/c1-18(2)7-5-8-19(3)12-10-13-11(6-9-24-13)20(4,23)14(12)15(21)16(22)17(18)19/h6,9,12,14-17,21-23H,5,7-8,10H2,1-4H3/t12-,14-,15-,16-,17?,19-,20-/m1/s1. The predicted octanol–water partition coefficient (Wildman–Crippen LogP) is 2.84. The van der Waals surface area contributed by atoms with Crippen molar-refractivity contribution < 1.29 is 19.7 Å². The van der Waals surface area contributed by atoms with Crippen molar-refractivity contribution in [2.24, 2.45) is 28.6 Å². The maximum atomic E-state index is 11.3. The van der Waals surface area contributed by atoms with E-state index in [9.17, 15) is 15.3 Å². The monoisotopic (exact) mass is 334 g/mol. The highest BCUT2D eigenvalue weighted by Gasteiger charge is 2.66. The molecule has 1 aromatic rings. The fourth-order valence-corrected chi connectivity index (χ4v) is 6.87. The van der Waals surface area contributed by atoms with Gasteiger partial charge in [0.25, 0.3) is 0 Å². The zero-order valence-electron chi connectivity index (χ0n) is 15.1. The van der Waals surface area contributed by atoms with Gasteiger partial charge in [0, 0.05) is 17.9 Å². The van der Waals surface area contributed by atoms with Gasteiger partial charge in [-0.2, -0.15) is 0 Å². The molecule has 24 heavy (non-hydrogen) atoms. The van der Waals surface area contributed by atoms with E-state index in [4.69, 9.17) is 4.42 Å². The molecule has 134 valence electrons. The molecule has 3 aliphatic carbocycles. The summed E-state index contributed by atoms with van der Waals surface area (Å²) in [4.78, 5) is 0. The van der Waals surface area contributed by atoms with Crippen molar-refractivity contribution >= 4 is 0 Å². The van der Waals surface area contributed by atoms with Crippen molar-refractivity contribution in [3.63, 3.8) is 0 Å². The third-order valence-corrected chi connectivity index (χ3v) is 7.77. The first kappa shape index (κ1) is 16.6. The van der Waals surface area contributed by atoms with Gasteiger partial charge < -0.3 is 19.7 Å². The lowest BCUT2D eigenvalue weighted by atomic mass is 9.42. The third-order valence-electron chi connectivity index (χ3n) is 7.77. The van der Waals surface area contributed by atoms with E-state index in [1.54, 1.807) is 13.2 Å². The SMILES string of the molecule is CC1(C)CCC[C@@]2(C)C1[C@H](O)[C@H](O)[C@H]1[C@H]2Cc2occc2[C@@]1(C)O. The summed E-state index contributed by atoms with van der Waals surface area (Å²) >= 11 is 0. The quantitative estimate of drug-likeness (QED) is 0.682. The van der Waals surface area contributed by atoms with E-state index in [1.165, 1.54) is 0 Å². The zero-order chi connectivity index (χ0) is 17.5. The summed E-state index contributed by atoms with van der Waals surface area (Å²) in [6.07, 6.45) is 3.86. The number of hydrogen-bond donors (Lipinski definition) is 3. The molecule has 0 spiro atoms. The molecule has 4 rings (SSSR count). The highest BCUT2D eigenvalue weighted by atomic mass is 16.3. The van der Waals surface area contributed by atoms with Crippen LogP contribution in [0.3, 0.4) is 0 Å². The highest BCUT2D eigenvalue weighted by Crippen LogP contribution is 2.65. The minimum absolute atomic E-state index is 0.0202. The van der Waals surface area contributed by atoms with Crippen LogP contribution in [-0.2, 0) is 12.0 Å². The summed E-state index contributed by atoms with van der Waals surface area (Å²) in [7, 11) is 0. The molecule has 3 N–H and O–H groups in total. The van der Waals surface area contributed by atoms with Crippen molar-refractivity contribution in [3.05, 3.63) is 23.7 Å².